The van der Waals surface area contributed by atoms with Gasteiger partial charge in [0.05, 0.1) is 0 Å². The fourth-order valence-electron chi connectivity index (χ4n) is 3.83. The maximum absolute atomic E-state index is 12.4. The van der Waals surface area contributed by atoms with Gasteiger partial charge in [-0.05, 0) is 0 Å². The van der Waals surface area contributed by atoms with Crippen LogP contribution < -0.4 is 11.2 Å². The monoisotopic (exact) mass is 404 g/mol. The average molecular weight is 403 g/mol. The van der Waals surface area contributed by atoms with Crippen molar-refractivity contribution in [2.45, 2.75) is 67.7 Å². The fourth-order valence-corrected chi connectivity index (χ4v) is 4.62. The van der Waals surface area contributed by atoms with Gasteiger partial charge in [0, 0.05) is 0 Å². The van der Waals surface area contributed by atoms with Gasteiger partial charge in [-0.2, -0.15) is 0 Å². The molecule has 0 aromatic carbocycles. The number of nitrogens with one attached hydrogen (secondary N) is 1. The van der Waals surface area contributed by atoms with Crippen molar-refractivity contribution in [2.24, 2.45) is 0 Å². The third-order valence-electron chi connectivity index (χ3n) is 5.32. The molecule has 1 aliphatic heterocycles. The number of ether oxygens (including phenoxy) is 1. The Kier molecular flexibility index (Phi) is 5.04. The van der Waals surface area contributed by atoms with E-state index in [0.717, 1.165) is 25.7 Å². The van der Waals surface area contributed by atoms with Crippen LogP contribution in [0.3, 0.4) is 0 Å². The van der Waals surface area contributed by atoms with Gasteiger partial charge in [0.25, 0.3) is 0 Å². The van der Waals surface area contributed by atoms with Crippen molar-refractivity contribution < 1.29 is 14.9 Å². The van der Waals surface area contributed by atoms with E-state index in [1.807, 2.05) is 0 Å². The van der Waals surface area contributed by atoms with Crippen molar-refractivity contribution >= 4 is 16.0 Å². The Balaban J connectivity index is 2.04. The molecule has 0 radical (unpaired) electrons. The molecular formula is C16H24N2O5Se. The van der Waals surface area contributed by atoms with Gasteiger partial charge in [-0.15, -0.1) is 0 Å². The van der Waals surface area contributed by atoms with E-state index in [1.165, 1.54) is 11.0 Å². The third kappa shape index (κ3) is 2.91. The summed E-state index contributed by atoms with van der Waals surface area (Å²) in [5, 5.41) is 19.6. The fraction of sp³-hybridized carbons (Fsp3) is 0.750. The summed E-state index contributed by atoms with van der Waals surface area (Å²) in [4.78, 5) is 26.6. The van der Waals surface area contributed by atoms with Crippen molar-refractivity contribution in [3.05, 3.63) is 32.6 Å². The van der Waals surface area contributed by atoms with Gasteiger partial charge < -0.3 is 0 Å². The number of hydrogen-bond acceptors (Lipinski definition) is 5. The molecule has 4 atom stereocenters. The van der Waals surface area contributed by atoms with Crippen LogP contribution in [-0.4, -0.2) is 54.6 Å². The molecule has 8 heteroatoms. The quantitative estimate of drug-likeness (QED) is 0.601. The van der Waals surface area contributed by atoms with Gasteiger partial charge in [-0.25, -0.2) is 0 Å². The number of aromatic nitrogens is 2. The Morgan fingerprint density at radius 3 is 2.62 bits per heavy atom. The van der Waals surface area contributed by atoms with Crippen molar-refractivity contribution in [3.8, 4) is 0 Å². The number of aromatic amines is 1. The molecule has 1 aromatic heterocycles. The zero-order chi connectivity index (χ0) is 17.5. The predicted octanol–water partition coefficient (Wildman–Crippen LogP) is -0.302. The summed E-state index contributed by atoms with van der Waals surface area (Å²) in [6, 6.07) is 0. The first-order valence-corrected chi connectivity index (χ1v) is 9.48. The van der Waals surface area contributed by atoms with Gasteiger partial charge in [-0.3, -0.25) is 0 Å². The Morgan fingerprint density at radius 2 is 2.04 bits per heavy atom. The van der Waals surface area contributed by atoms with Crippen LogP contribution in [-0.2, 0) is 10.5 Å². The minimum atomic E-state index is -1.14. The molecule has 3 rings (SSSR count). The summed E-state index contributed by atoms with van der Waals surface area (Å²) < 4.78 is 7.16. The molecule has 0 amide bonds. The summed E-state index contributed by atoms with van der Waals surface area (Å²) in [5.74, 6) is 0.141. The Labute approximate surface area is 147 Å². The first-order chi connectivity index (χ1) is 11.4. The SMILES string of the molecule is C[C@@]1(n2cc(C3CCCCC3)c(=O)[nH]c2=O)O[C@H](CO)[C@@H](O)[C@H]1[SeH]. The summed E-state index contributed by atoms with van der Waals surface area (Å²) in [5.41, 5.74) is -1.45. The second kappa shape index (κ2) is 6.77. The normalized spacial score (nSPS) is 34.6. The van der Waals surface area contributed by atoms with Crippen LogP contribution in [0.25, 0.3) is 0 Å². The maximum atomic E-state index is 12.4. The van der Waals surface area contributed by atoms with Crippen molar-refractivity contribution in [2.75, 3.05) is 6.61 Å². The topological polar surface area (TPSA) is 105 Å². The second-order valence-electron chi connectivity index (χ2n) is 6.88. The third-order valence-corrected chi connectivity index (χ3v) is 6.96. The molecular weight excluding hydrogens is 379 g/mol. The van der Waals surface area contributed by atoms with E-state index in [-0.39, 0.29) is 18.1 Å². The van der Waals surface area contributed by atoms with Crippen LogP contribution in [0, 0.1) is 0 Å². The van der Waals surface area contributed by atoms with Crippen LogP contribution in [0.1, 0.15) is 50.5 Å². The first kappa shape index (κ1) is 17.9. The summed E-state index contributed by atoms with van der Waals surface area (Å²) in [6.07, 6.45) is 5.12. The molecule has 2 heterocycles. The molecule has 0 spiro atoms. The van der Waals surface area contributed by atoms with E-state index in [4.69, 9.17) is 4.74 Å². The van der Waals surface area contributed by atoms with Gasteiger partial charge in [0.15, 0.2) is 0 Å². The zero-order valence-corrected chi connectivity index (χ0v) is 15.5. The summed E-state index contributed by atoms with van der Waals surface area (Å²) in [7, 11) is 0. The number of rotatable bonds is 3. The first-order valence-electron chi connectivity index (χ1n) is 8.39. The average Bonchev–Trinajstić information content (AvgIpc) is 2.80. The molecule has 24 heavy (non-hydrogen) atoms. The molecule has 0 unspecified atom stereocenters. The van der Waals surface area contributed by atoms with Crippen LogP contribution in [0.4, 0.5) is 0 Å². The van der Waals surface area contributed by atoms with Crippen molar-refractivity contribution in [1.29, 1.82) is 0 Å². The van der Waals surface area contributed by atoms with E-state index in [2.05, 4.69) is 21.0 Å². The van der Waals surface area contributed by atoms with E-state index < -0.39 is 28.4 Å². The number of H-pyrrole nitrogens is 1. The number of aliphatic hydroxyl groups excluding tert-OH is 2. The molecule has 1 aromatic rings. The molecule has 1 saturated carbocycles. The van der Waals surface area contributed by atoms with Crippen molar-refractivity contribution in [1.82, 2.24) is 9.55 Å². The standard InChI is InChI=1S/C16H24N2O5Se/c1-16(13(24)12(20)11(8-19)23-16)18-7-10(14(21)17-15(18)22)9-5-3-2-4-6-9/h7,9,11-13,19-20,24H,2-6,8H2,1H3,(H,17,21,22)/t11-,12-,13-,16-/m1/s1. The Morgan fingerprint density at radius 1 is 1.38 bits per heavy atom. The molecule has 0 bridgehead atoms. The molecule has 134 valence electrons. The van der Waals surface area contributed by atoms with E-state index >= 15 is 0 Å². The van der Waals surface area contributed by atoms with Gasteiger partial charge >= 0.3 is 147 Å². The Bertz CT molecular complexity index is 711. The number of nitrogens with zero attached hydrogens (tertiary/aromatic N) is 1. The van der Waals surface area contributed by atoms with Gasteiger partial charge in [-0.1, -0.05) is 0 Å². The zero-order valence-electron chi connectivity index (χ0n) is 13.6. The van der Waals surface area contributed by atoms with Crippen LogP contribution >= 0.6 is 0 Å². The Hall–Kier alpha value is -0.921. The summed E-state index contributed by atoms with van der Waals surface area (Å²) in [6.45, 7) is 1.36. The van der Waals surface area contributed by atoms with Crippen LogP contribution in [0.5, 0.6) is 0 Å². The molecule has 2 aliphatic rings. The number of aliphatic hydroxyl groups is 2. The molecule has 7 nitrogen and oxygen atoms in total. The van der Waals surface area contributed by atoms with E-state index in [0.29, 0.717) is 5.56 Å². The van der Waals surface area contributed by atoms with E-state index in [1.54, 1.807) is 13.1 Å². The van der Waals surface area contributed by atoms with E-state index in [9.17, 15) is 19.8 Å². The van der Waals surface area contributed by atoms with Crippen LogP contribution in [0.2, 0.25) is 4.82 Å². The van der Waals surface area contributed by atoms with Gasteiger partial charge in [0.1, 0.15) is 0 Å². The number of hydrogen-bond donors (Lipinski definition) is 3. The molecule has 2 fully saturated rings. The second-order valence-corrected chi connectivity index (χ2v) is 8.04. The summed E-state index contributed by atoms with van der Waals surface area (Å²) >= 11 is 2.31. The van der Waals surface area contributed by atoms with Crippen LogP contribution in [0.15, 0.2) is 15.8 Å². The van der Waals surface area contributed by atoms with Gasteiger partial charge in [0.2, 0.25) is 0 Å². The van der Waals surface area contributed by atoms with Crippen molar-refractivity contribution in [3.63, 3.8) is 0 Å². The predicted molar refractivity (Wildman–Crippen MR) is 89.7 cm³/mol. The molecule has 1 aliphatic carbocycles. The molecule has 3 N–H and O–H groups in total. The molecule has 1 saturated heterocycles. The minimum absolute atomic E-state index is 0.141.